The monoisotopic (exact) mass is 311 g/mol. The molecule has 2 unspecified atom stereocenters. The predicted molar refractivity (Wildman–Crippen MR) is 75.1 cm³/mol. The maximum absolute atomic E-state index is 11.5. The van der Waals surface area contributed by atoms with Gasteiger partial charge >= 0.3 is 7.82 Å². The quantitative estimate of drug-likeness (QED) is 0.394. The fourth-order valence-electron chi connectivity index (χ4n) is 1.55. The molecule has 0 aromatic rings. The second-order valence-corrected chi connectivity index (χ2v) is 6.35. The van der Waals surface area contributed by atoms with Gasteiger partial charge in [0.1, 0.15) is 0 Å². The Bertz CT molecular complexity index is 323. The van der Waals surface area contributed by atoms with Crippen molar-refractivity contribution in [1.82, 2.24) is 5.32 Å². The summed E-state index contributed by atoms with van der Waals surface area (Å²) in [6.07, 6.45) is 1.82. The SMILES string of the molecule is CC(=O)NCCCCC(CO)COP(=O)(O)OC(C)C. The maximum Gasteiger partial charge on any atom is 0.472 e. The molecule has 1 amide bonds. The lowest BCUT2D eigenvalue weighted by atomic mass is 10.0. The summed E-state index contributed by atoms with van der Waals surface area (Å²) in [5, 5.41) is 11.9. The highest BCUT2D eigenvalue weighted by molar-refractivity contribution is 7.47. The summed E-state index contributed by atoms with van der Waals surface area (Å²) in [5.74, 6) is -0.289. The van der Waals surface area contributed by atoms with Gasteiger partial charge in [0.15, 0.2) is 0 Å². The van der Waals surface area contributed by atoms with Gasteiger partial charge in [-0.05, 0) is 26.7 Å². The molecular weight excluding hydrogens is 285 g/mol. The summed E-state index contributed by atoms with van der Waals surface area (Å²) in [7, 11) is -4.04. The van der Waals surface area contributed by atoms with Gasteiger partial charge in [-0.15, -0.1) is 0 Å². The van der Waals surface area contributed by atoms with E-state index in [2.05, 4.69) is 5.32 Å². The minimum Gasteiger partial charge on any atom is -0.396 e. The van der Waals surface area contributed by atoms with Crippen LogP contribution >= 0.6 is 7.82 Å². The molecule has 0 saturated heterocycles. The van der Waals surface area contributed by atoms with Crippen LogP contribution in [0.2, 0.25) is 0 Å². The second-order valence-electron chi connectivity index (χ2n) is 4.95. The Labute approximate surface area is 120 Å². The van der Waals surface area contributed by atoms with Crippen molar-refractivity contribution in [3.8, 4) is 0 Å². The molecule has 0 heterocycles. The first-order valence-electron chi connectivity index (χ1n) is 6.78. The normalized spacial score (nSPS) is 15.9. The first-order chi connectivity index (χ1) is 9.26. The number of unbranched alkanes of at least 4 members (excludes halogenated alkanes) is 1. The Kier molecular flexibility index (Phi) is 10.1. The highest BCUT2D eigenvalue weighted by Gasteiger charge is 2.24. The van der Waals surface area contributed by atoms with E-state index in [-0.39, 0.29) is 25.0 Å². The topological polar surface area (TPSA) is 105 Å². The number of aliphatic hydroxyl groups excluding tert-OH is 1. The fraction of sp³-hybridized carbons (Fsp3) is 0.917. The van der Waals surface area contributed by atoms with Crippen LogP contribution in [0.4, 0.5) is 0 Å². The molecule has 0 aromatic carbocycles. The Morgan fingerprint density at radius 1 is 1.35 bits per heavy atom. The van der Waals surface area contributed by atoms with E-state index in [1.165, 1.54) is 6.92 Å². The van der Waals surface area contributed by atoms with E-state index < -0.39 is 13.9 Å². The van der Waals surface area contributed by atoms with Gasteiger partial charge in [-0.1, -0.05) is 6.42 Å². The largest absolute Gasteiger partial charge is 0.472 e. The summed E-state index contributed by atoms with van der Waals surface area (Å²) in [6, 6.07) is 0. The van der Waals surface area contributed by atoms with Crippen LogP contribution in [-0.4, -0.2) is 41.8 Å². The minimum atomic E-state index is -4.04. The van der Waals surface area contributed by atoms with Crippen LogP contribution in [0.3, 0.4) is 0 Å². The molecule has 0 fully saturated rings. The zero-order chi connectivity index (χ0) is 15.6. The minimum absolute atomic E-state index is 0.0306. The Morgan fingerprint density at radius 2 is 2.00 bits per heavy atom. The van der Waals surface area contributed by atoms with Crippen LogP contribution < -0.4 is 5.32 Å². The molecule has 0 aromatic heterocycles. The number of phosphoric acid groups is 1. The number of carbonyl (C=O) groups is 1. The third-order valence-electron chi connectivity index (χ3n) is 2.49. The molecular formula is C12H26NO6P. The summed E-state index contributed by atoms with van der Waals surface area (Å²) in [5.41, 5.74) is 0. The molecule has 20 heavy (non-hydrogen) atoms. The van der Waals surface area contributed by atoms with Gasteiger partial charge in [0.25, 0.3) is 0 Å². The Morgan fingerprint density at radius 3 is 2.50 bits per heavy atom. The van der Waals surface area contributed by atoms with E-state index in [1.807, 2.05) is 0 Å². The number of nitrogens with one attached hydrogen (secondary N) is 1. The third kappa shape index (κ3) is 11.4. The van der Waals surface area contributed by atoms with Gasteiger partial charge in [-0.3, -0.25) is 13.8 Å². The van der Waals surface area contributed by atoms with E-state index in [4.69, 9.17) is 9.05 Å². The molecule has 0 aliphatic carbocycles. The number of carbonyl (C=O) groups excluding carboxylic acids is 1. The standard InChI is InChI=1S/C12H26NO6P/c1-10(2)19-20(16,17)18-9-12(8-14)6-4-5-7-13-11(3)15/h10,12,14H,4-9H2,1-3H3,(H,13,15)(H,16,17). The first-order valence-corrected chi connectivity index (χ1v) is 8.27. The van der Waals surface area contributed by atoms with Crippen molar-refractivity contribution in [2.75, 3.05) is 19.8 Å². The smallest absolute Gasteiger partial charge is 0.396 e. The molecule has 0 aliphatic heterocycles. The number of hydrogen-bond acceptors (Lipinski definition) is 5. The van der Waals surface area contributed by atoms with Gasteiger partial charge in [0.2, 0.25) is 5.91 Å². The van der Waals surface area contributed by atoms with Crippen molar-refractivity contribution >= 4 is 13.7 Å². The molecule has 8 heteroatoms. The van der Waals surface area contributed by atoms with Crippen LogP contribution in [0.5, 0.6) is 0 Å². The number of hydrogen-bond donors (Lipinski definition) is 3. The number of amides is 1. The highest BCUT2D eigenvalue weighted by Crippen LogP contribution is 2.44. The zero-order valence-corrected chi connectivity index (χ0v) is 13.3. The number of phosphoric ester groups is 1. The van der Waals surface area contributed by atoms with Gasteiger partial charge in [-0.2, -0.15) is 0 Å². The summed E-state index contributed by atoms with van der Waals surface area (Å²) < 4.78 is 21.1. The molecule has 0 aliphatic rings. The average molecular weight is 311 g/mol. The van der Waals surface area contributed by atoms with Gasteiger partial charge in [-0.25, -0.2) is 4.57 Å². The molecule has 0 saturated carbocycles. The average Bonchev–Trinajstić information content (AvgIpc) is 2.30. The Hall–Kier alpha value is -0.460. The number of aliphatic hydroxyl groups is 1. The first kappa shape index (κ1) is 19.5. The van der Waals surface area contributed by atoms with Crippen LogP contribution in [0.25, 0.3) is 0 Å². The van der Waals surface area contributed by atoms with E-state index in [0.717, 1.165) is 12.8 Å². The second kappa shape index (κ2) is 10.3. The maximum atomic E-state index is 11.5. The molecule has 0 radical (unpaired) electrons. The lowest BCUT2D eigenvalue weighted by molar-refractivity contribution is -0.118. The molecule has 120 valence electrons. The lowest BCUT2D eigenvalue weighted by Gasteiger charge is -2.18. The zero-order valence-electron chi connectivity index (χ0n) is 12.4. The van der Waals surface area contributed by atoms with Gasteiger partial charge in [0, 0.05) is 26.0 Å². The van der Waals surface area contributed by atoms with E-state index in [1.54, 1.807) is 13.8 Å². The van der Waals surface area contributed by atoms with E-state index >= 15 is 0 Å². The molecule has 3 N–H and O–H groups in total. The van der Waals surface area contributed by atoms with Crippen LogP contribution in [0, 0.1) is 5.92 Å². The van der Waals surface area contributed by atoms with E-state index in [9.17, 15) is 19.4 Å². The molecule has 2 atom stereocenters. The predicted octanol–water partition coefficient (Wildman–Crippen LogP) is 1.44. The van der Waals surface area contributed by atoms with E-state index in [0.29, 0.717) is 13.0 Å². The molecule has 7 nitrogen and oxygen atoms in total. The lowest BCUT2D eigenvalue weighted by Crippen LogP contribution is -2.21. The van der Waals surface area contributed by atoms with Crippen molar-refractivity contribution in [3.63, 3.8) is 0 Å². The van der Waals surface area contributed by atoms with Crippen molar-refractivity contribution in [3.05, 3.63) is 0 Å². The third-order valence-corrected chi connectivity index (χ3v) is 3.65. The molecule has 0 spiro atoms. The van der Waals surface area contributed by atoms with Gasteiger partial charge < -0.3 is 15.3 Å². The highest BCUT2D eigenvalue weighted by atomic mass is 31.2. The van der Waals surface area contributed by atoms with Crippen molar-refractivity contribution in [1.29, 1.82) is 0 Å². The van der Waals surface area contributed by atoms with Crippen LogP contribution in [-0.2, 0) is 18.4 Å². The summed E-state index contributed by atoms with van der Waals surface area (Å²) in [6.45, 7) is 5.16. The summed E-state index contributed by atoms with van der Waals surface area (Å²) >= 11 is 0. The molecule has 0 rings (SSSR count). The molecule has 0 bridgehead atoms. The van der Waals surface area contributed by atoms with Crippen molar-refractivity contribution in [2.45, 2.75) is 46.1 Å². The van der Waals surface area contributed by atoms with Crippen molar-refractivity contribution < 1.29 is 28.4 Å². The number of rotatable bonds is 11. The fourth-order valence-corrected chi connectivity index (χ4v) is 2.54. The van der Waals surface area contributed by atoms with Crippen molar-refractivity contribution in [2.24, 2.45) is 5.92 Å². The van der Waals surface area contributed by atoms with Crippen LogP contribution in [0.1, 0.15) is 40.0 Å². The Balaban J connectivity index is 3.86. The van der Waals surface area contributed by atoms with Gasteiger partial charge in [0.05, 0.1) is 12.7 Å². The summed E-state index contributed by atoms with van der Waals surface area (Å²) in [4.78, 5) is 20.0. The van der Waals surface area contributed by atoms with Crippen LogP contribution in [0.15, 0.2) is 0 Å².